The number of carbonyl (C=O) groups is 1. The first kappa shape index (κ1) is 22.1. The number of aliphatic hydroxyl groups excluding tert-OH is 1. The summed E-state index contributed by atoms with van der Waals surface area (Å²) in [6.07, 6.45) is 0.569. The molecule has 0 radical (unpaired) electrons. The second-order valence-electron chi connectivity index (χ2n) is 8.69. The lowest BCUT2D eigenvalue weighted by molar-refractivity contribution is -0.122. The minimum absolute atomic E-state index is 0.0781. The highest BCUT2D eigenvalue weighted by Gasteiger charge is 2.41. The molecule has 7 heteroatoms. The van der Waals surface area contributed by atoms with Gasteiger partial charge < -0.3 is 5.11 Å². The summed E-state index contributed by atoms with van der Waals surface area (Å²) in [5.41, 5.74) is 5.69. The predicted octanol–water partition coefficient (Wildman–Crippen LogP) is 3.93. The lowest BCUT2D eigenvalue weighted by Crippen LogP contribution is -2.47. The number of fused-ring (bicyclic) bond motifs is 1. The Morgan fingerprint density at radius 2 is 1.88 bits per heavy atom. The monoisotopic (exact) mass is 456 g/mol. The molecule has 2 aromatic carbocycles. The second-order valence-corrected chi connectivity index (χ2v) is 8.69. The number of nitrogens with zero attached hydrogens (tertiary/aromatic N) is 3. The quantitative estimate of drug-likeness (QED) is 0.351. The van der Waals surface area contributed by atoms with Gasteiger partial charge in [-0.25, -0.2) is 9.67 Å². The number of aryl methyl sites for hydroxylation is 2. The van der Waals surface area contributed by atoms with E-state index < -0.39 is 24.1 Å². The maximum atomic E-state index is 13.6. The Balaban J connectivity index is 1.61. The number of hydrogen-bond acceptors (Lipinski definition) is 5. The van der Waals surface area contributed by atoms with E-state index in [-0.39, 0.29) is 12.2 Å². The molecule has 1 aliphatic carbocycles. The van der Waals surface area contributed by atoms with E-state index >= 15 is 0 Å². The molecule has 2 heterocycles. The predicted molar refractivity (Wildman–Crippen MR) is 126 cm³/mol. The molecule has 0 saturated heterocycles. The molecule has 0 saturated carbocycles. The van der Waals surface area contributed by atoms with Crippen LogP contribution in [0.5, 0.6) is 0 Å². The Kier molecular flexibility index (Phi) is 5.81. The summed E-state index contributed by atoms with van der Waals surface area (Å²) in [5, 5.41) is 18.9. The molecule has 5 rings (SSSR count). The summed E-state index contributed by atoms with van der Waals surface area (Å²) >= 11 is 0. The van der Waals surface area contributed by atoms with Gasteiger partial charge in [0.15, 0.2) is 5.78 Å². The van der Waals surface area contributed by atoms with E-state index in [1.165, 1.54) is 12.3 Å². The molecule has 2 N–H and O–H groups in total. The van der Waals surface area contributed by atoms with Crippen molar-refractivity contribution in [3.05, 3.63) is 113 Å². The lowest BCUT2D eigenvalue weighted by atomic mass is 9.76. The van der Waals surface area contributed by atoms with E-state index in [1.807, 2.05) is 68.4 Å². The molecular formula is C27H25FN4O2. The van der Waals surface area contributed by atoms with Crippen LogP contribution in [0.1, 0.15) is 45.8 Å². The summed E-state index contributed by atoms with van der Waals surface area (Å²) in [5.74, 6) is -1.15. The van der Waals surface area contributed by atoms with Gasteiger partial charge in [-0.05, 0) is 43.2 Å². The Bertz CT molecular complexity index is 1330. The number of ketones is 1. The maximum Gasteiger partial charge on any atom is 0.212 e. The highest BCUT2D eigenvalue weighted by atomic mass is 19.1. The summed E-state index contributed by atoms with van der Waals surface area (Å²) in [4.78, 5) is 17.4. The van der Waals surface area contributed by atoms with Gasteiger partial charge in [0.1, 0.15) is 6.23 Å². The normalized spacial score (nSPS) is 18.5. The van der Waals surface area contributed by atoms with Crippen LogP contribution in [0.4, 0.5) is 4.39 Å². The van der Waals surface area contributed by atoms with Gasteiger partial charge in [0.25, 0.3) is 0 Å². The highest BCUT2D eigenvalue weighted by Crippen LogP contribution is 2.39. The number of Topliss-reactive ketones (excluding diaryl/α,β-unsaturated/α-hetero) is 1. The number of para-hydroxylation sites is 1. The van der Waals surface area contributed by atoms with Gasteiger partial charge in [0.2, 0.25) is 5.95 Å². The standard InChI is InChI=1S/C27H25FN4O2/c1-16-7-6-8-18(13-16)27(34)30-26-22(33)14-21-24(25(26)19-11-12-23(28)29-15-19)17(2)31-32(21)20-9-4-3-5-10-20/h3-13,15,25-27,30,34H,14H2,1-2H3/t25-,26-,27?/m0/s1. The smallest absolute Gasteiger partial charge is 0.212 e. The molecule has 172 valence electrons. The molecule has 2 aromatic heterocycles. The fourth-order valence-electron chi connectivity index (χ4n) is 4.80. The number of carbonyl (C=O) groups excluding carboxylic acids is 1. The summed E-state index contributed by atoms with van der Waals surface area (Å²) in [6, 6.07) is 19.4. The molecule has 1 aliphatic rings. The minimum atomic E-state index is -1.05. The molecule has 0 spiro atoms. The Labute approximate surface area is 197 Å². The molecule has 3 atom stereocenters. The number of halogens is 1. The van der Waals surface area contributed by atoms with Gasteiger partial charge >= 0.3 is 0 Å². The van der Waals surface area contributed by atoms with Crippen LogP contribution >= 0.6 is 0 Å². The Morgan fingerprint density at radius 1 is 1.09 bits per heavy atom. The van der Waals surface area contributed by atoms with E-state index in [0.29, 0.717) is 11.1 Å². The molecule has 1 unspecified atom stereocenters. The fourth-order valence-corrected chi connectivity index (χ4v) is 4.80. The van der Waals surface area contributed by atoms with Crippen molar-refractivity contribution in [1.82, 2.24) is 20.1 Å². The third-order valence-corrected chi connectivity index (χ3v) is 6.34. The molecule has 34 heavy (non-hydrogen) atoms. The van der Waals surface area contributed by atoms with Gasteiger partial charge in [-0.3, -0.25) is 10.1 Å². The largest absolute Gasteiger partial charge is 0.374 e. The van der Waals surface area contributed by atoms with Gasteiger partial charge in [0.05, 0.1) is 29.5 Å². The number of aliphatic hydroxyl groups is 1. The molecule has 6 nitrogen and oxygen atoms in total. The fraction of sp³-hybridized carbons (Fsp3) is 0.222. The van der Waals surface area contributed by atoms with Crippen molar-refractivity contribution in [3.63, 3.8) is 0 Å². The number of rotatable bonds is 5. The van der Waals surface area contributed by atoms with E-state index in [9.17, 15) is 14.3 Å². The topological polar surface area (TPSA) is 80.0 Å². The SMILES string of the molecule is Cc1cccc(C(O)N[C@H]2C(=O)Cc3c(c(C)nn3-c3ccccc3)[C@@H]2c2ccc(F)nc2)c1. The van der Waals surface area contributed by atoms with Crippen molar-refractivity contribution in [2.45, 2.75) is 38.5 Å². The molecule has 0 fully saturated rings. The average molecular weight is 457 g/mol. The van der Waals surface area contributed by atoms with E-state index in [0.717, 1.165) is 28.2 Å². The van der Waals surface area contributed by atoms with Crippen LogP contribution in [0.15, 0.2) is 72.9 Å². The van der Waals surface area contributed by atoms with Gasteiger partial charge in [0, 0.05) is 17.7 Å². The minimum Gasteiger partial charge on any atom is -0.374 e. The number of benzene rings is 2. The third-order valence-electron chi connectivity index (χ3n) is 6.34. The maximum absolute atomic E-state index is 13.6. The van der Waals surface area contributed by atoms with Crippen LogP contribution in [0.25, 0.3) is 5.69 Å². The van der Waals surface area contributed by atoms with Crippen molar-refractivity contribution >= 4 is 5.78 Å². The first-order valence-corrected chi connectivity index (χ1v) is 11.2. The van der Waals surface area contributed by atoms with Crippen LogP contribution in [0, 0.1) is 19.8 Å². The Hall–Kier alpha value is -3.68. The van der Waals surface area contributed by atoms with Crippen LogP contribution < -0.4 is 5.32 Å². The first-order chi connectivity index (χ1) is 16.4. The summed E-state index contributed by atoms with van der Waals surface area (Å²) in [7, 11) is 0. The summed E-state index contributed by atoms with van der Waals surface area (Å²) < 4.78 is 15.5. The van der Waals surface area contributed by atoms with Crippen molar-refractivity contribution in [1.29, 1.82) is 0 Å². The highest BCUT2D eigenvalue weighted by molar-refractivity contribution is 5.90. The van der Waals surface area contributed by atoms with Crippen molar-refractivity contribution < 1.29 is 14.3 Å². The van der Waals surface area contributed by atoms with Gasteiger partial charge in [-0.1, -0.05) is 54.1 Å². The van der Waals surface area contributed by atoms with Gasteiger partial charge in [-0.15, -0.1) is 0 Å². The zero-order valence-corrected chi connectivity index (χ0v) is 18.9. The molecule has 0 amide bonds. The third kappa shape index (κ3) is 4.04. The van der Waals surface area contributed by atoms with Crippen LogP contribution in [0.2, 0.25) is 0 Å². The second kappa shape index (κ2) is 8.93. The lowest BCUT2D eigenvalue weighted by Gasteiger charge is -2.34. The zero-order chi connectivity index (χ0) is 23.8. The molecule has 4 aromatic rings. The van der Waals surface area contributed by atoms with E-state index in [1.54, 1.807) is 10.7 Å². The number of hydrogen-bond donors (Lipinski definition) is 2. The van der Waals surface area contributed by atoms with Crippen molar-refractivity contribution in [2.24, 2.45) is 0 Å². The number of nitrogens with one attached hydrogen (secondary N) is 1. The molecule has 0 bridgehead atoms. The zero-order valence-electron chi connectivity index (χ0n) is 18.9. The first-order valence-electron chi connectivity index (χ1n) is 11.2. The Morgan fingerprint density at radius 3 is 2.59 bits per heavy atom. The summed E-state index contributed by atoms with van der Waals surface area (Å²) in [6.45, 7) is 3.86. The van der Waals surface area contributed by atoms with Crippen LogP contribution in [-0.4, -0.2) is 31.7 Å². The average Bonchev–Trinajstić information content (AvgIpc) is 3.16. The van der Waals surface area contributed by atoms with Crippen LogP contribution in [0.3, 0.4) is 0 Å². The van der Waals surface area contributed by atoms with Gasteiger partial charge in [-0.2, -0.15) is 9.49 Å². The number of pyridine rings is 1. The van der Waals surface area contributed by atoms with E-state index in [2.05, 4.69) is 10.3 Å². The molecular weight excluding hydrogens is 431 g/mol. The molecule has 0 aliphatic heterocycles. The van der Waals surface area contributed by atoms with Crippen LogP contribution in [-0.2, 0) is 11.2 Å². The van der Waals surface area contributed by atoms with E-state index in [4.69, 9.17) is 5.10 Å². The number of aromatic nitrogens is 3. The van der Waals surface area contributed by atoms with Crippen molar-refractivity contribution in [3.8, 4) is 5.69 Å². The van der Waals surface area contributed by atoms with Crippen molar-refractivity contribution in [2.75, 3.05) is 0 Å².